The van der Waals surface area contributed by atoms with Crippen molar-refractivity contribution in [2.45, 2.75) is 51.4 Å². The molecule has 2 nitrogen and oxygen atoms in total. The van der Waals surface area contributed by atoms with Gasteiger partial charge in [-0.25, -0.2) is 0 Å². The average molecular weight is 170 g/mol. The van der Waals surface area contributed by atoms with E-state index < -0.39 is 0 Å². The molecule has 70 valence electrons. The molecule has 0 aromatic rings. The quantitative estimate of drug-likeness (QED) is 0.603. The molecule has 0 saturated carbocycles. The van der Waals surface area contributed by atoms with Crippen LogP contribution in [0.1, 0.15) is 33.6 Å². The first-order chi connectivity index (χ1) is 5.65. The van der Waals surface area contributed by atoms with Gasteiger partial charge >= 0.3 is 0 Å². The molecule has 2 fully saturated rings. The minimum atomic E-state index is 0.195. The zero-order valence-electron chi connectivity index (χ0n) is 8.17. The molecule has 0 aromatic heterocycles. The zero-order valence-corrected chi connectivity index (χ0v) is 8.17. The summed E-state index contributed by atoms with van der Waals surface area (Å²) in [5.74, 6) is 0.701. The number of hydrogen-bond donors (Lipinski definition) is 0. The fraction of sp³-hybridized carbons (Fsp3) is 1.00. The van der Waals surface area contributed by atoms with Crippen LogP contribution in [-0.2, 0) is 9.47 Å². The van der Waals surface area contributed by atoms with E-state index in [4.69, 9.17) is 9.47 Å². The van der Waals surface area contributed by atoms with Crippen molar-refractivity contribution in [3.8, 4) is 0 Å². The third-order valence-electron chi connectivity index (χ3n) is 3.31. The molecule has 0 aliphatic carbocycles. The molecule has 0 aromatic carbocycles. The second-order valence-corrected chi connectivity index (χ2v) is 4.32. The number of rotatable bonds is 4. The fourth-order valence-corrected chi connectivity index (χ4v) is 1.96. The van der Waals surface area contributed by atoms with Crippen molar-refractivity contribution in [1.29, 1.82) is 0 Å². The molecule has 4 unspecified atom stereocenters. The summed E-state index contributed by atoms with van der Waals surface area (Å²) < 4.78 is 10.9. The molecule has 0 amide bonds. The molecular weight excluding hydrogens is 152 g/mol. The normalized spacial score (nSPS) is 47.2. The van der Waals surface area contributed by atoms with Crippen molar-refractivity contribution < 1.29 is 9.47 Å². The van der Waals surface area contributed by atoms with Crippen LogP contribution in [0.25, 0.3) is 0 Å². The summed E-state index contributed by atoms with van der Waals surface area (Å²) in [5, 5.41) is 0. The lowest BCUT2D eigenvalue weighted by atomic mass is 9.87. The van der Waals surface area contributed by atoms with E-state index in [0.717, 1.165) is 6.61 Å². The lowest BCUT2D eigenvalue weighted by molar-refractivity contribution is 0.204. The fourth-order valence-electron chi connectivity index (χ4n) is 1.96. The predicted molar refractivity (Wildman–Crippen MR) is 47.1 cm³/mol. The largest absolute Gasteiger partial charge is 0.370 e. The maximum Gasteiger partial charge on any atom is 0.0917 e. The van der Waals surface area contributed by atoms with Gasteiger partial charge in [0, 0.05) is 0 Å². The van der Waals surface area contributed by atoms with Gasteiger partial charge in [0.05, 0.1) is 24.4 Å². The Hall–Kier alpha value is -0.0800. The first-order valence-electron chi connectivity index (χ1n) is 4.95. The van der Waals surface area contributed by atoms with Gasteiger partial charge in [-0.05, 0) is 26.2 Å². The van der Waals surface area contributed by atoms with Crippen LogP contribution >= 0.6 is 0 Å². The lowest BCUT2D eigenvalue weighted by Crippen LogP contribution is -2.21. The van der Waals surface area contributed by atoms with Gasteiger partial charge in [-0.1, -0.05) is 13.3 Å². The smallest absolute Gasteiger partial charge is 0.0917 e. The Kier molecular flexibility index (Phi) is 1.92. The standard InChI is InChI=1S/C10H18O2/c1-4-8(10(3)6-11-10)5-9-7(2)12-9/h7-9H,4-6H2,1-3H3. The third kappa shape index (κ3) is 1.50. The van der Waals surface area contributed by atoms with E-state index in [1.807, 2.05) is 0 Å². The Morgan fingerprint density at radius 1 is 1.58 bits per heavy atom. The highest BCUT2D eigenvalue weighted by atomic mass is 16.6. The predicted octanol–water partition coefficient (Wildman–Crippen LogP) is 1.98. The molecule has 0 N–H and O–H groups in total. The van der Waals surface area contributed by atoms with Crippen LogP contribution in [-0.4, -0.2) is 24.4 Å². The van der Waals surface area contributed by atoms with Gasteiger partial charge in [-0.3, -0.25) is 0 Å². The van der Waals surface area contributed by atoms with Crippen molar-refractivity contribution in [2.24, 2.45) is 5.92 Å². The van der Waals surface area contributed by atoms with E-state index in [-0.39, 0.29) is 5.60 Å². The van der Waals surface area contributed by atoms with Crippen molar-refractivity contribution in [3.05, 3.63) is 0 Å². The van der Waals surface area contributed by atoms with Crippen LogP contribution in [0.3, 0.4) is 0 Å². The Bertz CT molecular complexity index is 175. The molecule has 2 heterocycles. The van der Waals surface area contributed by atoms with E-state index >= 15 is 0 Å². The Balaban J connectivity index is 1.83. The van der Waals surface area contributed by atoms with Crippen LogP contribution in [0.4, 0.5) is 0 Å². The molecular formula is C10H18O2. The summed E-state index contributed by atoms with van der Waals surface area (Å²) in [7, 11) is 0. The molecule has 2 aliphatic heterocycles. The highest BCUT2D eigenvalue weighted by Gasteiger charge is 2.49. The van der Waals surface area contributed by atoms with Crippen LogP contribution < -0.4 is 0 Å². The monoisotopic (exact) mass is 170 g/mol. The van der Waals surface area contributed by atoms with Crippen LogP contribution in [0, 0.1) is 5.92 Å². The summed E-state index contributed by atoms with van der Waals surface area (Å²) in [6.45, 7) is 7.55. The maximum atomic E-state index is 5.46. The number of epoxide rings is 2. The van der Waals surface area contributed by atoms with Gasteiger partial charge in [-0.2, -0.15) is 0 Å². The molecule has 0 bridgehead atoms. The second kappa shape index (κ2) is 2.71. The lowest BCUT2D eigenvalue weighted by Gasteiger charge is -2.17. The summed E-state index contributed by atoms with van der Waals surface area (Å²) in [6, 6.07) is 0. The van der Waals surface area contributed by atoms with Gasteiger partial charge in [0.25, 0.3) is 0 Å². The van der Waals surface area contributed by atoms with E-state index in [1.54, 1.807) is 0 Å². The molecule has 2 heteroatoms. The Morgan fingerprint density at radius 2 is 2.17 bits per heavy atom. The molecule has 0 radical (unpaired) electrons. The topological polar surface area (TPSA) is 25.1 Å². The molecule has 2 aliphatic rings. The van der Waals surface area contributed by atoms with Gasteiger partial charge in [-0.15, -0.1) is 0 Å². The second-order valence-electron chi connectivity index (χ2n) is 4.32. The summed E-state index contributed by atoms with van der Waals surface area (Å²) in [6.07, 6.45) is 3.43. The van der Waals surface area contributed by atoms with Crippen LogP contribution in [0.15, 0.2) is 0 Å². The minimum absolute atomic E-state index is 0.195. The van der Waals surface area contributed by atoms with E-state index in [9.17, 15) is 0 Å². The molecule has 4 atom stereocenters. The van der Waals surface area contributed by atoms with Gasteiger partial charge in [0.2, 0.25) is 0 Å². The number of hydrogen-bond acceptors (Lipinski definition) is 2. The van der Waals surface area contributed by atoms with E-state index in [1.165, 1.54) is 12.8 Å². The van der Waals surface area contributed by atoms with Crippen LogP contribution in [0.2, 0.25) is 0 Å². The summed E-state index contributed by atoms with van der Waals surface area (Å²) in [4.78, 5) is 0. The Labute approximate surface area is 74.2 Å². The van der Waals surface area contributed by atoms with Crippen molar-refractivity contribution in [1.82, 2.24) is 0 Å². The molecule has 0 spiro atoms. The first kappa shape index (κ1) is 8.52. The highest BCUT2D eigenvalue weighted by Crippen LogP contribution is 2.42. The first-order valence-corrected chi connectivity index (χ1v) is 4.95. The van der Waals surface area contributed by atoms with E-state index in [0.29, 0.717) is 18.1 Å². The minimum Gasteiger partial charge on any atom is -0.370 e. The third-order valence-corrected chi connectivity index (χ3v) is 3.31. The molecule has 2 rings (SSSR count). The van der Waals surface area contributed by atoms with Crippen LogP contribution in [0.5, 0.6) is 0 Å². The van der Waals surface area contributed by atoms with Crippen molar-refractivity contribution in [3.63, 3.8) is 0 Å². The molecule has 12 heavy (non-hydrogen) atoms. The summed E-state index contributed by atoms with van der Waals surface area (Å²) >= 11 is 0. The van der Waals surface area contributed by atoms with Gasteiger partial charge < -0.3 is 9.47 Å². The Morgan fingerprint density at radius 3 is 2.50 bits per heavy atom. The van der Waals surface area contributed by atoms with E-state index in [2.05, 4.69) is 20.8 Å². The molecule has 2 saturated heterocycles. The van der Waals surface area contributed by atoms with Gasteiger partial charge in [0.1, 0.15) is 0 Å². The average Bonchev–Trinajstić information content (AvgIpc) is 2.89. The van der Waals surface area contributed by atoms with Gasteiger partial charge in [0.15, 0.2) is 0 Å². The van der Waals surface area contributed by atoms with Crippen molar-refractivity contribution >= 4 is 0 Å². The number of ether oxygens (including phenoxy) is 2. The van der Waals surface area contributed by atoms with Crippen molar-refractivity contribution in [2.75, 3.05) is 6.61 Å². The SMILES string of the molecule is CCC(CC1OC1C)C1(C)CO1. The summed E-state index contributed by atoms with van der Waals surface area (Å²) in [5.41, 5.74) is 0.195. The zero-order chi connectivity index (χ0) is 8.77. The maximum absolute atomic E-state index is 5.46. The highest BCUT2D eigenvalue weighted by molar-refractivity contribution is 4.97.